The third-order valence-corrected chi connectivity index (χ3v) is 5.72. The highest BCUT2D eigenvalue weighted by molar-refractivity contribution is 5.69. The van der Waals surface area contributed by atoms with Gasteiger partial charge >= 0.3 is 5.97 Å². The van der Waals surface area contributed by atoms with Gasteiger partial charge in [-0.15, -0.1) is 0 Å². The second kappa shape index (κ2) is 16.4. The van der Waals surface area contributed by atoms with Gasteiger partial charge in [-0.05, 0) is 37.0 Å². The number of carbonyl (C=O) groups is 1. The summed E-state index contributed by atoms with van der Waals surface area (Å²) >= 11 is 0. The molecule has 27 heavy (non-hydrogen) atoms. The monoisotopic (exact) mass is 382 g/mol. The molecule has 0 aliphatic rings. The van der Waals surface area contributed by atoms with Crippen molar-refractivity contribution in [3.63, 3.8) is 0 Å². The Kier molecular flexibility index (Phi) is 16.1. The van der Waals surface area contributed by atoms with Crippen molar-refractivity contribution in [2.75, 3.05) is 0 Å². The zero-order valence-corrected chi connectivity index (χ0v) is 19.3. The number of rotatable bonds is 18. The summed E-state index contributed by atoms with van der Waals surface area (Å²) < 4.78 is 0. The van der Waals surface area contributed by atoms with Crippen molar-refractivity contribution in [2.24, 2.45) is 17.3 Å². The van der Waals surface area contributed by atoms with E-state index in [2.05, 4.69) is 34.6 Å². The Labute approximate surface area is 170 Å². The van der Waals surface area contributed by atoms with E-state index < -0.39 is 5.97 Å². The highest BCUT2D eigenvalue weighted by atomic mass is 16.4. The average Bonchev–Trinajstić information content (AvgIpc) is 2.56. The SMILES string of the molecule is CCCCCCCCCCCCCCC(CCC(C)CC(C)(C)C)C(=O)O. The summed E-state index contributed by atoms with van der Waals surface area (Å²) in [5, 5.41) is 9.50. The fraction of sp³-hybridized carbons (Fsp3) is 0.960. The van der Waals surface area contributed by atoms with Crippen LogP contribution in [0.2, 0.25) is 0 Å². The maximum Gasteiger partial charge on any atom is 0.306 e. The predicted octanol–water partition coefficient (Wildman–Crippen LogP) is 8.63. The van der Waals surface area contributed by atoms with Crippen LogP contribution in [-0.4, -0.2) is 11.1 Å². The number of carboxylic acids is 1. The third-order valence-electron chi connectivity index (χ3n) is 5.72. The summed E-state index contributed by atoms with van der Waals surface area (Å²) in [6.45, 7) is 11.3. The van der Waals surface area contributed by atoms with Crippen LogP contribution in [0, 0.1) is 17.3 Å². The van der Waals surface area contributed by atoms with Gasteiger partial charge in [0.05, 0.1) is 5.92 Å². The molecule has 0 radical (unpaired) electrons. The van der Waals surface area contributed by atoms with Crippen molar-refractivity contribution in [3.05, 3.63) is 0 Å². The van der Waals surface area contributed by atoms with Crippen molar-refractivity contribution in [1.82, 2.24) is 0 Å². The van der Waals surface area contributed by atoms with E-state index in [1.807, 2.05) is 0 Å². The molecule has 162 valence electrons. The zero-order valence-electron chi connectivity index (χ0n) is 19.3. The van der Waals surface area contributed by atoms with Crippen LogP contribution >= 0.6 is 0 Å². The maximum absolute atomic E-state index is 11.5. The molecule has 0 aromatic rings. The van der Waals surface area contributed by atoms with Crippen LogP contribution in [0.3, 0.4) is 0 Å². The lowest BCUT2D eigenvalue weighted by atomic mass is 9.82. The van der Waals surface area contributed by atoms with Crippen LogP contribution in [0.1, 0.15) is 137 Å². The summed E-state index contributed by atoms with van der Waals surface area (Å²) in [6, 6.07) is 0. The van der Waals surface area contributed by atoms with Gasteiger partial charge < -0.3 is 5.11 Å². The van der Waals surface area contributed by atoms with E-state index >= 15 is 0 Å². The molecule has 0 aromatic heterocycles. The van der Waals surface area contributed by atoms with Gasteiger partial charge in [-0.3, -0.25) is 4.79 Å². The molecule has 2 heteroatoms. The first kappa shape index (κ1) is 26.5. The second-order valence-electron chi connectivity index (χ2n) is 10.2. The van der Waals surface area contributed by atoms with E-state index in [0.29, 0.717) is 11.3 Å². The van der Waals surface area contributed by atoms with Gasteiger partial charge in [0, 0.05) is 0 Å². The Morgan fingerprint density at radius 3 is 1.59 bits per heavy atom. The van der Waals surface area contributed by atoms with E-state index in [9.17, 15) is 9.90 Å². The molecule has 0 aliphatic heterocycles. The highest BCUT2D eigenvalue weighted by Gasteiger charge is 2.20. The molecular formula is C25H50O2. The first-order valence-corrected chi connectivity index (χ1v) is 12.0. The van der Waals surface area contributed by atoms with E-state index in [-0.39, 0.29) is 5.92 Å². The average molecular weight is 383 g/mol. The topological polar surface area (TPSA) is 37.3 Å². The van der Waals surface area contributed by atoms with E-state index in [1.54, 1.807) is 0 Å². The van der Waals surface area contributed by atoms with E-state index in [0.717, 1.165) is 25.7 Å². The summed E-state index contributed by atoms with van der Waals surface area (Å²) in [5.41, 5.74) is 0.341. The van der Waals surface area contributed by atoms with Gasteiger partial charge in [-0.2, -0.15) is 0 Å². The van der Waals surface area contributed by atoms with E-state index in [1.165, 1.54) is 77.0 Å². The Morgan fingerprint density at radius 2 is 1.19 bits per heavy atom. The first-order chi connectivity index (χ1) is 12.8. The fourth-order valence-corrected chi connectivity index (χ4v) is 4.26. The Morgan fingerprint density at radius 1 is 0.741 bits per heavy atom. The summed E-state index contributed by atoms with van der Waals surface area (Å²) in [6.07, 6.45) is 20.0. The number of hydrogen-bond acceptors (Lipinski definition) is 1. The molecular weight excluding hydrogens is 332 g/mol. The van der Waals surface area contributed by atoms with Crippen molar-refractivity contribution < 1.29 is 9.90 Å². The lowest BCUT2D eigenvalue weighted by Gasteiger charge is -2.24. The van der Waals surface area contributed by atoms with Crippen molar-refractivity contribution in [2.45, 2.75) is 137 Å². The Hall–Kier alpha value is -0.530. The molecule has 0 spiro atoms. The van der Waals surface area contributed by atoms with Gasteiger partial charge in [-0.25, -0.2) is 0 Å². The van der Waals surface area contributed by atoms with Crippen LogP contribution in [0.25, 0.3) is 0 Å². The third kappa shape index (κ3) is 18.6. The van der Waals surface area contributed by atoms with Crippen LogP contribution in [0.4, 0.5) is 0 Å². The van der Waals surface area contributed by atoms with E-state index in [4.69, 9.17) is 0 Å². The van der Waals surface area contributed by atoms with Crippen molar-refractivity contribution in [3.8, 4) is 0 Å². The second-order valence-corrected chi connectivity index (χ2v) is 10.2. The zero-order chi connectivity index (χ0) is 20.5. The van der Waals surface area contributed by atoms with Crippen LogP contribution < -0.4 is 0 Å². The standard InChI is InChI=1S/C25H50O2/c1-6-7-8-9-10-11-12-13-14-15-16-17-18-23(24(26)27)20-19-22(2)21-25(3,4)5/h22-23H,6-21H2,1-5H3,(H,26,27). The molecule has 0 saturated heterocycles. The molecule has 0 heterocycles. The molecule has 0 rings (SSSR count). The number of unbranched alkanes of at least 4 members (excludes halogenated alkanes) is 11. The number of aliphatic carboxylic acids is 1. The lowest BCUT2D eigenvalue weighted by molar-refractivity contribution is -0.142. The molecule has 2 nitrogen and oxygen atoms in total. The van der Waals surface area contributed by atoms with Crippen LogP contribution in [-0.2, 0) is 4.79 Å². The smallest absolute Gasteiger partial charge is 0.306 e. The van der Waals surface area contributed by atoms with Gasteiger partial charge in [0.2, 0.25) is 0 Å². The minimum absolute atomic E-state index is 0.129. The first-order valence-electron chi connectivity index (χ1n) is 12.0. The molecule has 0 amide bonds. The molecule has 0 fully saturated rings. The number of hydrogen-bond donors (Lipinski definition) is 1. The molecule has 0 bridgehead atoms. The summed E-state index contributed by atoms with van der Waals surface area (Å²) in [4.78, 5) is 11.5. The molecule has 1 N–H and O–H groups in total. The fourth-order valence-electron chi connectivity index (χ4n) is 4.26. The Balaban J connectivity index is 3.64. The van der Waals surface area contributed by atoms with Gasteiger partial charge in [0.1, 0.15) is 0 Å². The lowest BCUT2D eigenvalue weighted by Crippen LogP contribution is -2.17. The molecule has 0 saturated carbocycles. The normalized spacial score (nSPS) is 14.3. The number of carboxylic acid groups (broad SMARTS) is 1. The molecule has 2 atom stereocenters. The minimum atomic E-state index is -0.582. The van der Waals surface area contributed by atoms with Crippen LogP contribution in [0.15, 0.2) is 0 Å². The van der Waals surface area contributed by atoms with Crippen molar-refractivity contribution >= 4 is 5.97 Å². The predicted molar refractivity (Wildman–Crippen MR) is 119 cm³/mol. The van der Waals surface area contributed by atoms with Gasteiger partial charge in [0.15, 0.2) is 0 Å². The summed E-state index contributed by atoms with van der Waals surface area (Å²) in [7, 11) is 0. The molecule has 0 aromatic carbocycles. The molecule has 2 unspecified atom stereocenters. The van der Waals surface area contributed by atoms with Gasteiger partial charge in [-0.1, -0.05) is 112 Å². The van der Waals surface area contributed by atoms with Crippen molar-refractivity contribution in [1.29, 1.82) is 0 Å². The quantitative estimate of drug-likeness (QED) is 0.241. The van der Waals surface area contributed by atoms with Crippen LogP contribution in [0.5, 0.6) is 0 Å². The summed E-state index contributed by atoms with van der Waals surface area (Å²) in [5.74, 6) is -0.0922. The minimum Gasteiger partial charge on any atom is -0.481 e. The Bertz CT molecular complexity index is 343. The largest absolute Gasteiger partial charge is 0.481 e. The maximum atomic E-state index is 11.5. The highest BCUT2D eigenvalue weighted by Crippen LogP contribution is 2.28. The van der Waals surface area contributed by atoms with Gasteiger partial charge in [0.25, 0.3) is 0 Å². The molecule has 0 aliphatic carbocycles.